The van der Waals surface area contributed by atoms with Crippen molar-refractivity contribution in [2.45, 2.75) is 25.8 Å². The lowest BCUT2D eigenvalue weighted by molar-refractivity contribution is -0.866. The number of quaternary nitrogens is 1. The number of nitrogens with zero attached hydrogens (tertiary/aromatic N) is 4. The van der Waals surface area contributed by atoms with Crippen LogP contribution >= 0.6 is 0 Å². The van der Waals surface area contributed by atoms with Gasteiger partial charge in [0.1, 0.15) is 11.4 Å². The van der Waals surface area contributed by atoms with Gasteiger partial charge in [-0.15, -0.1) is 16.6 Å². The molecule has 2 N–H and O–H groups in total. The smallest absolute Gasteiger partial charge is 0.243 e. The van der Waals surface area contributed by atoms with Crippen LogP contribution in [0.25, 0.3) is 11.3 Å². The molecule has 0 amide bonds. The lowest BCUT2D eigenvalue weighted by Gasteiger charge is -2.44. The highest BCUT2D eigenvalue weighted by molar-refractivity contribution is 5.69. The number of benzene rings is 1. The molecule has 1 aromatic carbocycles. The Morgan fingerprint density at radius 2 is 2.20 bits per heavy atom. The number of terminal acetylenes is 1. The van der Waals surface area contributed by atoms with Crippen LogP contribution in [0.4, 0.5) is 5.95 Å². The molecule has 1 aliphatic rings. The Balaban J connectivity index is 1.81. The average Bonchev–Trinajstić information content (AvgIpc) is 2.54. The van der Waals surface area contributed by atoms with E-state index < -0.39 is 0 Å². The van der Waals surface area contributed by atoms with Gasteiger partial charge in [0.05, 0.1) is 31.9 Å². The molecule has 1 aromatic heterocycles. The molecule has 0 spiro atoms. The van der Waals surface area contributed by atoms with Crippen molar-refractivity contribution in [1.29, 1.82) is 0 Å². The van der Waals surface area contributed by atoms with E-state index in [9.17, 15) is 10.3 Å². The molecule has 1 fully saturated rings. The molecular formula is C18H21N5O2. The summed E-state index contributed by atoms with van der Waals surface area (Å²) < 4.78 is -0.252. The first-order valence-corrected chi connectivity index (χ1v) is 8.21. The van der Waals surface area contributed by atoms with E-state index in [1.807, 2.05) is 0 Å². The van der Waals surface area contributed by atoms with Crippen LogP contribution in [0.3, 0.4) is 0 Å². The number of hydrogen-bond donors (Lipinski definition) is 2. The van der Waals surface area contributed by atoms with Crippen molar-refractivity contribution < 1.29 is 9.75 Å². The molecule has 7 heteroatoms. The number of anilines is 1. The molecule has 1 saturated heterocycles. The highest BCUT2D eigenvalue weighted by Crippen LogP contribution is 2.30. The monoisotopic (exact) mass is 339 g/mol. The maximum atomic E-state index is 12.1. The van der Waals surface area contributed by atoms with E-state index in [4.69, 9.17) is 6.42 Å². The van der Waals surface area contributed by atoms with E-state index >= 15 is 0 Å². The van der Waals surface area contributed by atoms with Crippen molar-refractivity contribution in [1.82, 2.24) is 15.2 Å². The number of phenols is 1. The Hall–Kier alpha value is -2.69. The van der Waals surface area contributed by atoms with E-state index in [1.165, 1.54) is 6.07 Å². The Morgan fingerprint density at radius 3 is 2.84 bits per heavy atom. The number of phenolic OH excluding ortho intramolecular Hbond substituents is 1. The van der Waals surface area contributed by atoms with Gasteiger partial charge in [-0.1, -0.05) is 5.92 Å². The second-order valence-corrected chi connectivity index (χ2v) is 6.63. The van der Waals surface area contributed by atoms with E-state index in [1.54, 1.807) is 26.1 Å². The van der Waals surface area contributed by atoms with Gasteiger partial charge in [0.2, 0.25) is 5.95 Å². The standard InChI is InChI=1S/C18H21N5O2/c1-4-13-7-8-15(16(24)10-13)17-12(2)19-18(22-21-17)20-14-6-5-9-23(3,25)11-14/h1,7-8,10,14,24H,5-6,9,11H2,2-3H3,(H,19,20,22)/t14-,23?/m1/s1. The third kappa shape index (κ3) is 3.87. The first kappa shape index (κ1) is 17.1. The van der Waals surface area contributed by atoms with Gasteiger partial charge in [-0.05, 0) is 38.0 Å². The summed E-state index contributed by atoms with van der Waals surface area (Å²) in [7, 11) is 1.68. The van der Waals surface area contributed by atoms with Crippen molar-refractivity contribution in [2.75, 3.05) is 25.5 Å². The summed E-state index contributed by atoms with van der Waals surface area (Å²) in [5.74, 6) is 2.91. The summed E-state index contributed by atoms with van der Waals surface area (Å²) >= 11 is 0. The van der Waals surface area contributed by atoms with Crippen LogP contribution in [0.5, 0.6) is 5.75 Å². The van der Waals surface area contributed by atoms with Crippen molar-refractivity contribution >= 4 is 5.95 Å². The first-order valence-electron chi connectivity index (χ1n) is 8.21. The van der Waals surface area contributed by atoms with Crippen molar-refractivity contribution in [3.05, 3.63) is 34.7 Å². The van der Waals surface area contributed by atoms with Gasteiger partial charge >= 0.3 is 0 Å². The number of likely N-dealkylation sites (N-methyl/N-ethyl adjacent to an activating group) is 1. The molecule has 1 unspecified atom stereocenters. The molecule has 25 heavy (non-hydrogen) atoms. The zero-order chi connectivity index (χ0) is 18.0. The second kappa shape index (κ2) is 6.67. The topological polar surface area (TPSA) is 94.0 Å². The minimum absolute atomic E-state index is 0.0339. The molecule has 0 bridgehead atoms. The molecule has 2 atom stereocenters. The van der Waals surface area contributed by atoms with Crippen molar-refractivity contribution in [3.8, 4) is 29.4 Å². The minimum atomic E-state index is -0.252. The van der Waals surface area contributed by atoms with E-state index in [0.717, 1.165) is 12.8 Å². The van der Waals surface area contributed by atoms with Crippen molar-refractivity contribution in [3.63, 3.8) is 0 Å². The summed E-state index contributed by atoms with van der Waals surface area (Å²) in [4.78, 5) is 4.43. The third-order valence-corrected chi connectivity index (χ3v) is 4.40. The Labute approximate surface area is 146 Å². The molecule has 0 radical (unpaired) electrons. The molecule has 0 saturated carbocycles. The van der Waals surface area contributed by atoms with Gasteiger partial charge in [-0.3, -0.25) is 0 Å². The lowest BCUT2D eigenvalue weighted by Crippen LogP contribution is -2.50. The zero-order valence-electron chi connectivity index (χ0n) is 14.4. The quantitative estimate of drug-likeness (QED) is 0.505. The van der Waals surface area contributed by atoms with Gasteiger partial charge in [0.15, 0.2) is 0 Å². The van der Waals surface area contributed by atoms with Crippen LogP contribution in [0.15, 0.2) is 18.2 Å². The molecular weight excluding hydrogens is 318 g/mol. The van der Waals surface area contributed by atoms with Crippen LogP contribution in [-0.2, 0) is 0 Å². The molecule has 2 aromatic rings. The number of aryl methyl sites for hydroxylation is 1. The number of piperidine rings is 1. The van der Waals surface area contributed by atoms with Gasteiger partial charge in [0.25, 0.3) is 0 Å². The van der Waals surface area contributed by atoms with E-state index in [0.29, 0.717) is 41.6 Å². The maximum Gasteiger partial charge on any atom is 0.243 e. The van der Waals surface area contributed by atoms with Crippen LogP contribution in [0.2, 0.25) is 0 Å². The van der Waals surface area contributed by atoms with Crippen LogP contribution < -0.4 is 5.32 Å². The van der Waals surface area contributed by atoms with Gasteiger partial charge in [0, 0.05) is 11.1 Å². The first-order chi connectivity index (χ1) is 11.9. The Morgan fingerprint density at radius 1 is 1.40 bits per heavy atom. The number of aromatic nitrogens is 3. The molecule has 7 nitrogen and oxygen atoms in total. The third-order valence-electron chi connectivity index (χ3n) is 4.40. The Bertz CT molecular complexity index is 829. The minimum Gasteiger partial charge on any atom is -0.633 e. The summed E-state index contributed by atoms with van der Waals surface area (Å²) in [5, 5.41) is 33.8. The van der Waals surface area contributed by atoms with E-state index in [-0.39, 0.29) is 16.4 Å². The SMILES string of the molecule is C#Cc1ccc(-c2nnc(N[C@@H]3CCC[N+](C)([O-])C3)nc2C)c(O)c1. The molecule has 2 heterocycles. The highest BCUT2D eigenvalue weighted by Gasteiger charge is 2.25. The highest BCUT2D eigenvalue weighted by atomic mass is 16.5. The van der Waals surface area contributed by atoms with Crippen LogP contribution in [0, 0.1) is 24.5 Å². The lowest BCUT2D eigenvalue weighted by atomic mass is 10.1. The van der Waals surface area contributed by atoms with Gasteiger partial charge in [-0.25, -0.2) is 4.98 Å². The maximum absolute atomic E-state index is 12.1. The number of hydroxylamine groups is 3. The summed E-state index contributed by atoms with van der Waals surface area (Å²) in [6.07, 6.45) is 7.12. The summed E-state index contributed by atoms with van der Waals surface area (Å²) in [6.45, 7) is 2.93. The molecule has 130 valence electrons. The average molecular weight is 339 g/mol. The van der Waals surface area contributed by atoms with E-state index in [2.05, 4.69) is 26.4 Å². The molecule has 3 rings (SSSR count). The zero-order valence-corrected chi connectivity index (χ0v) is 14.4. The van der Waals surface area contributed by atoms with Crippen molar-refractivity contribution in [2.24, 2.45) is 0 Å². The molecule has 1 aliphatic heterocycles. The fraction of sp³-hybridized carbons (Fsp3) is 0.389. The van der Waals surface area contributed by atoms with Crippen LogP contribution in [0.1, 0.15) is 24.1 Å². The summed E-state index contributed by atoms with van der Waals surface area (Å²) in [5.41, 5.74) is 2.26. The largest absolute Gasteiger partial charge is 0.633 e. The predicted molar refractivity (Wildman–Crippen MR) is 95.5 cm³/mol. The number of hydrogen-bond acceptors (Lipinski definition) is 6. The van der Waals surface area contributed by atoms with Gasteiger partial charge < -0.3 is 20.3 Å². The Kier molecular flexibility index (Phi) is 4.57. The second-order valence-electron chi connectivity index (χ2n) is 6.63. The van der Waals surface area contributed by atoms with Gasteiger partial charge in [-0.2, -0.15) is 0 Å². The molecule has 0 aliphatic carbocycles. The normalized spacial score (nSPS) is 23.0. The predicted octanol–water partition coefficient (Wildman–Crippen LogP) is 2.05. The van der Waals surface area contributed by atoms with Crippen LogP contribution in [-0.4, -0.2) is 51.1 Å². The summed E-state index contributed by atoms with van der Waals surface area (Å²) in [6, 6.07) is 4.99. The number of likely N-dealkylation sites (tertiary alicyclic amines) is 1. The number of nitrogens with one attached hydrogen (secondary N) is 1. The number of aromatic hydroxyl groups is 1. The fourth-order valence-corrected chi connectivity index (χ4v) is 3.16. The fourth-order valence-electron chi connectivity index (χ4n) is 3.16. The number of rotatable bonds is 3.